The first-order chi connectivity index (χ1) is 19.8. The Balaban J connectivity index is 1.26. The fourth-order valence-corrected chi connectivity index (χ4v) is 5.51. The number of carbonyl (C=O) groups excluding carboxylic acids is 3. The summed E-state index contributed by atoms with van der Waals surface area (Å²) in [4.78, 5) is 49.9. The summed E-state index contributed by atoms with van der Waals surface area (Å²) < 4.78 is 11.1. The van der Waals surface area contributed by atoms with Crippen LogP contribution in [0, 0.1) is 0 Å². The van der Waals surface area contributed by atoms with Crippen molar-refractivity contribution in [2.75, 3.05) is 18.4 Å². The van der Waals surface area contributed by atoms with E-state index in [1.54, 1.807) is 4.90 Å². The molecule has 2 aliphatic heterocycles. The van der Waals surface area contributed by atoms with Crippen LogP contribution < -0.4 is 5.32 Å². The molecule has 2 atom stereocenters. The van der Waals surface area contributed by atoms with E-state index >= 15 is 0 Å². The van der Waals surface area contributed by atoms with Gasteiger partial charge in [0.1, 0.15) is 23.1 Å². The normalized spacial score (nSPS) is 19.3. The van der Waals surface area contributed by atoms with Crippen molar-refractivity contribution in [2.45, 2.75) is 90.5 Å². The Bertz CT molecular complexity index is 1470. The van der Waals surface area contributed by atoms with Crippen LogP contribution in [0.2, 0.25) is 0 Å². The van der Waals surface area contributed by atoms with Crippen molar-refractivity contribution in [3.63, 3.8) is 0 Å². The van der Waals surface area contributed by atoms with E-state index in [2.05, 4.69) is 10.3 Å². The lowest BCUT2D eigenvalue weighted by atomic mass is 10.0. The fourth-order valence-electron chi connectivity index (χ4n) is 5.51. The molecular formula is C32H41N5O5. The number of ether oxygens (including phenoxy) is 2. The number of aromatic nitrogens is 2. The summed E-state index contributed by atoms with van der Waals surface area (Å²) in [5.41, 5.74) is 3.19. The molecule has 0 spiro atoms. The number of benzene rings is 2. The molecule has 3 amide bonds. The molecule has 0 radical (unpaired) electrons. The van der Waals surface area contributed by atoms with Gasteiger partial charge >= 0.3 is 12.2 Å². The van der Waals surface area contributed by atoms with E-state index in [0.29, 0.717) is 25.2 Å². The number of imidazole rings is 1. The van der Waals surface area contributed by atoms with E-state index in [1.165, 1.54) is 4.90 Å². The Morgan fingerprint density at radius 2 is 1.43 bits per heavy atom. The predicted molar refractivity (Wildman–Crippen MR) is 161 cm³/mol. The molecule has 10 heteroatoms. The third kappa shape index (κ3) is 6.69. The number of aromatic amines is 1. The summed E-state index contributed by atoms with van der Waals surface area (Å²) >= 11 is 0. The molecule has 224 valence electrons. The van der Waals surface area contributed by atoms with Gasteiger partial charge in [0.2, 0.25) is 5.91 Å². The molecule has 2 aliphatic rings. The zero-order valence-corrected chi connectivity index (χ0v) is 25.3. The van der Waals surface area contributed by atoms with Crippen molar-refractivity contribution in [3.8, 4) is 11.1 Å². The average molecular weight is 576 g/mol. The smallest absolute Gasteiger partial charge is 0.410 e. The maximum absolute atomic E-state index is 13.0. The van der Waals surface area contributed by atoms with Crippen LogP contribution in [0.3, 0.4) is 0 Å². The third-order valence-corrected chi connectivity index (χ3v) is 7.37. The van der Waals surface area contributed by atoms with Gasteiger partial charge in [-0.15, -0.1) is 0 Å². The van der Waals surface area contributed by atoms with E-state index in [4.69, 9.17) is 14.5 Å². The van der Waals surface area contributed by atoms with E-state index in [9.17, 15) is 14.4 Å². The number of fused-ring (bicyclic) bond motifs is 1. The first kappa shape index (κ1) is 29.4. The van der Waals surface area contributed by atoms with Gasteiger partial charge < -0.3 is 19.8 Å². The molecule has 2 fully saturated rings. The number of rotatable bonds is 4. The summed E-state index contributed by atoms with van der Waals surface area (Å²) in [6, 6.07) is 13.0. The lowest BCUT2D eigenvalue weighted by molar-refractivity contribution is -0.120. The van der Waals surface area contributed by atoms with Crippen molar-refractivity contribution in [2.24, 2.45) is 0 Å². The number of hydrogen-bond donors (Lipinski definition) is 2. The molecule has 0 saturated carbocycles. The fraction of sp³-hybridized carbons (Fsp3) is 0.500. The Kier molecular flexibility index (Phi) is 7.92. The monoisotopic (exact) mass is 575 g/mol. The van der Waals surface area contributed by atoms with Crippen LogP contribution in [-0.2, 0) is 14.3 Å². The number of amides is 3. The molecule has 1 aromatic heterocycles. The zero-order valence-electron chi connectivity index (χ0n) is 25.3. The van der Waals surface area contributed by atoms with Crippen LogP contribution in [-0.4, -0.2) is 68.2 Å². The molecule has 10 nitrogen and oxygen atoms in total. The molecule has 2 aromatic carbocycles. The Labute approximate surface area is 246 Å². The summed E-state index contributed by atoms with van der Waals surface area (Å²) in [6.07, 6.45) is 2.31. The number of likely N-dealkylation sites (tertiary alicyclic amines) is 2. The quantitative estimate of drug-likeness (QED) is 0.360. The topological polar surface area (TPSA) is 117 Å². The molecule has 3 aromatic rings. The van der Waals surface area contributed by atoms with Gasteiger partial charge in [0, 0.05) is 18.8 Å². The Morgan fingerprint density at radius 1 is 0.833 bits per heavy atom. The van der Waals surface area contributed by atoms with Crippen LogP contribution in [0.25, 0.3) is 22.2 Å². The van der Waals surface area contributed by atoms with Crippen molar-refractivity contribution in [1.82, 2.24) is 19.8 Å². The van der Waals surface area contributed by atoms with Crippen LogP contribution in [0.1, 0.15) is 79.1 Å². The number of nitrogens with zero attached hydrogens (tertiary/aromatic N) is 3. The second kappa shape index (κ2) is 11.3. The molecule has 2 N–H and O–H groups in total. The van der Waals surface area contributed by atoms with Crippen LogP contribution in [0.4, 0.5) is 15.3 Å². The maximum atomic E-state index is 13.0. The third-order valence-electron chi connectivity index (χ3n) is 7.37. The number of nitrogens with one attached hydrogen (secondary N) is 2. The first-order valence-electron chi connectivity index (χ1n) is 14.7. The highest BCUT2D eigenvalue weighted by Gasteiger charge is 2.37. The van der Waals surface area contributed by atoms with Crippen LogP contribution >= 0.6 is 0 Å². The Morgan fingerprint density at radius 3 is 2.10 bits per heavy atom. The minimum absolute atomic E-state index is 0.148. The van der Waals surface area contributed by atoms with Crippen molar-refractivity contribution >= 4 is 34.8 Å². The predicted octanol–water partition coefficient (Wildman–Crippen LogP) is 6.64. The Hall–Kier alpha value is -4.08. The van der Waals surface area contributed by atoms with Gasteiger partial charge in [-0.1, -0.05) is 18.2 Å². The second-order valence-electron chi connectivity index (χ2n) is 13.1. The molecule has 42 heavy (non-hydrogen) atoms. The summed E-state index contributed by atoms with van der Waals surface area (Å²) in [5, 5.41) is 2.95. The van der Waals surface area contributed by atoms with Crippen molar-refractivity contribution in [3.05, 3.63) is 48.3 Å². The number of hydrogen-bond acceptors (Lipinski definition) is 6. The number of carbonyl (C=O) groups is 3. The van der Waals surface area contributed by atoms with Crippen LogP contribution in [0.5, 0.6) is 0 Å². The highest BCUT2D eigenvalue weighted by molar-refractivity contribution is 5.97. The van der Waals surface area contributed by atoms with Gasteiger partial charge in [-0.25, -0.2) is 14.6 Å². The van der Waals surface area contributed by atoms with E-state index in [0.717, 1.165) is 47.2 Å². The van der Waals surface area contributed by atoms with Gasteiger partial charge in [0.25, 0.3) is 0 Å². The second-order valence-corrected chi connectivity index (χ2v) is 13.1. The van der Waals surface area contributed by atoms with E-state index < -0.39 is 23.3 Å². The lowest BCUT2D eigenvalue weighted by Crippen LogP contribution is -2.45. The summed E-state index contributed by atoms with van der Waals surface area (Å²) in [5.74, 6) is 0.542. The number of anilines is 1. The van der Waals surface area contributed by atoms with Gasteiger partial charge in [0.15, 0.2) is 0 Å². The van der Waals surface area contributed by atoms with Crippen molar-refractivity contribution in [1.29, 1.82) is 0 Å². The van der Waals surface area contributed by atoms with E-state index in [-0.39, 0.29) is 18.0 Å². The van der Waals surface area contributed by atoms with Gasteiger partial charge in [0.05, 0.1) is 17.1 Å². The van der Waals surface area contributed by atoms with Gasteiger partial charge in [-0.3, -0.25) is 14.6 Å². The molecule has 2 saturated heterocycles. The standard InChI is InChI=1S/C32H41N5O5/c1-31(2,3)41-29(39)36-17-7-9-25(36)27-34-23-16-13-21(19-24(23)35-27)20-11-14-22(15-12-20)33-28(38)26-10-8-18-37(26)30(40)42-32(4,5)6/h11-16,19,25-26H,7-10,17-18H2,1-6H3,(H,33,38)(H,34,35)/t25-,26-/m0/s1. The molecular weight excluding hydrogens is 534 g/mol. The SMILES string of the molecule is CC(C)(C)OC(=O)N1CCC[C@H]1C(=O)Nc1ccc(-c2ccc3nc([C@@H]4CCCN4C(=O)OC(C)(C)C)[nH]c3c2)cc1. The number of H-pyrrole nitrogens is 1. The van der Waals surface area contributed by atoms with Crippen molar-refractivity contribution < 1.29 is 23.9 Å². The molecule has 0 bridgehead atoms. The highest BCUT2D eigenvalue weighted by Crippen LogP contribution is 2.34. The molecule has 0 aliphatic carbocycles. The van der Waals surface area contributed by atoms with E-state index in [1.807, 2.05) is 84.0 Å². The highest BCUT2D eigenvalue weighted by atomic mass is 16.6. The van der Waals surface area contributed by atoms with Gasteiger partial charge in [-0.2, -0.15) is 0 Å². The maximum Gasteiger partial charge on any atom is 0.410 e. The molecule has 3 heterocycles. The minimum atomic E-state index is -0.617. The minimum Gasteiger partial charge on any atom is -0.444 e. The van der Waals surface area contributed by atoms with Gasteiger partial charge in [-0.05, 0) is 103 Å². The summed E-state index contributed by atoms with van der Waals surface area (Å²) in [6.45, 7) is 12.2. The zero-order chi connectivity index (χ0) is 30.2. The lowest BCUT2D eigenvalue weighted by Gasteiger charge is -2.28. The first-order valence-corrected chi connectivity index (χ1v) is 14.7. The van der Waals surface area contributed by atoms with Crippen LogP contribution in [0.15, 0.2) is 42.5 Å². The molecule has 5 rings (SSSR count). The molecule has 0 unspecified atom stereocenters. The average Bonchev–Trinajstić information content (AvgIpc) is 3.66. The summed E-state index contributed by atoms with van der Waals surface area (Å²) in [7, 11) is 0. The largest absolute Gasteiger partial charge is 0.444 e.